The number of likely N-dealkylation sites (N-methyl/N-ethyl adjacent to an activating group) is 1. The molecule has 0 aliphatic heterocycles. The summed E-state index contributed by atoms with van der Waals surface area (Å²) in [7, 11) is -1.31. The van der Waals surface area contributed by atoms with Gasteiger partial charge < -0.3 is 5.32 Å². The van der Waals surface area contributed by atoms with E-state index in [-0.39, 0.29) is 6.04 Å². The van der Waals surface area contributed by atoms with Gasteiger partial charge in [0, 0.05) is 24.7 Å². The van der Waals surface area contributed by atoms with E-state index in [1.54, 1.807) is 24.4 Å². The number of aromatic nitrogens is 1. The molecule has 2 aromatic rings. The Hall–Kier alpha value is -1.72. The third-order valence-corrected chi connectivity index (χ3v) is 4.31. The van der Waals surface area contributed by atoms with Crippen LogP contribution in [0, 0.1) is 0 Å². The maximum Gasteiger partial charge on any atom is 0.175 e. The van der Waals surface area contributed by atoms with E-state index >= 15 is 0 Å². The first kappa shape index (κ1) is 14.7. The van der Waals surface area contributed by atoms with Crippen LogP contribution in [0.4, 0.5) is 0 Å². The number of rotatable bonds is 5. The van der Waals surface area contributed by atoms with Crippen LogP contribution in [0.25, 0.3) is 0 Å². The quantitative estimate of drug-likeness (QED) is 0.915. The molecule has 1 N–H and O–H groups in total. The fourth-order valence-corrected chi connectivity index (χ4v) is 2.78. The van der Waals surface area contributed by atoms with Gasteiger partial charge in [-0.05, 0) is 42.8 Å². The predicted molar refractivity (Wildman–Crippen MR) is 79.3 cm³/mol. The van der Waals surface area contributed by atoms with Gasteiger partial charge in [0.25, 0.3) is 0 Å². The van der Waals surface area contributed by atoms with E-state index in [9.17, 15) is 8.42 Å². The average Bonchev–Trinajstić information content (AvgIpc) is 2.45. The molecule has 0 saturated carbocycles. The van der Waals surface area contributed by atoms with Crippen LogP contribution in [0.1, 0.15) is 17.2 Å². The van der Waals surface area contributed by atoms with Gasteiger partial charge in [-0.25, -0.2) is 8.42 Å². The van der Waals surface area contributed by atoms with Crippen molar-refractivity contribution in [2.45, 2.75) is 17.4 Å². The molecular weight excluding hydrogens is 272 g/mol. The van der Waals surface area contributed by atoms with Crippen LogP contribution >= 0.6 is 0 Å². The second-order valence-corrected chi connectivity index (χ2v) is 6.77. The molecule has 2 rings (SSSR count). The van der Waals surface area contributed by atoms with Gasteiger partial charge in [-0.15, -0.1) is 0 Å². The summed E-state index contributed by atoms with van der Waals surface area (Å²) in [6, 6.07) is 11.0. The summed E-state index contributed by atoms with van der Waals surface area (Å²) in [5.74, 6) is 0. The second-order valence-electron chi connectivity index (χ2n) is 4.75. The molecule has 0 aliphatic rings. The largest absolute Gasteiger partial charge is 0.313 e. The van der Waals surface area contributed by atoms with Gasteiger partial charge in [-0.3, -0.25) is 4.98 Å². The van der Waals surface area contributed by atoms with E-state index in [2.05, 4.69) is 10.3 Å². The maximum atomic E-state index is 11.6. The molecule has 0 fully saturated rings. The smallest absolute Gasteiger partial charge is 0.175 e. The summed E-state index contributed by atoms with van der Waals surface area (Å²) in [5.41, 5.74) is 2.07. The molecule has 1 atom stereocenters. The molecule has 20 heavy (non-hydrogen) atoms. The summed E-state index contributed by atoms with van der Waals surface area (Å²) in [6.45, 7) is 0. The minimum absolute atomic E-state index is 0.0564. The van der Waals surface area contributed by atoms with Crippen molar-refractivity contribution in [3.8, 4) is 0 Å². The Labute approximate surface area is 119 Å². The molecule has 0 amide bonds. The van der Waals surface area contributed by atoms with Gasteiger partial charge >= 0.3 is 0 Å². The van der Waals surface area contributed by atoms with Crippen LogP contribution in [0.2, 0.25) is 0 Å². The molecule has 4 nitrogen and oxygen atoms in total. The second kappa shape index (κ2) is 6.15. The fourth-order valence-electron chi connectivity index (χ4n) is 2.10. The summed E-state index contributed by atoms with van der Waals surface area (Å²) in [6.07, 6.45) is 5.55. The minimum Gasteiger partial charge on any atom is -0.313 e. The standard InChI is InChI=1S/C15H18N2O2S/c1-16-15(9-12-5-4-8-17-11-12)13-6-3-7-14(10-13)20(2,18)19/h3-8,10-11,15-16H,9H2,1-2H3. The molecule has 0 aliphatic carbocycles. The van der Waals surface area contributed by atoms with E-state index in [0.717, 1.165) is 17.5 Å². The SMILES string of the molecule is CNC(Cc1cccnc1)c1cccc(S(C)(=O)=O)c1. The molecule has 1 aromatic carbocycles. The van der Waals surface area contributed by atoms with Crippen molar-refractivity contribution in [3.63, 3.8) is 0 Å². The number of hydrogen-bond acceptors (Lipinski definition) is 4. The molecule has 106 valence electrons. The number of hydrogen-bond donors (Lipinski definition) is 1. The van der Waals surface area contributed by atoms with Crippen LogP contribution in [0.3, 0.4) is 0 Å². The highest BCUT2D eigenvalue weighted by atomic mass is 32.2. The van der Waals surface area contributed by atoms with Crippen molar-refractivity contribution in [2.75, 3.05) is 13.3 Å². The van der Waals surface area contributed by atoms with E-state index < -0.39 is 9.84 Å². The summed E-state index contributed by atoms with van der Waals surface area (Å²) >= 11 is 0. The van der Waals surface area contributed by atoms with Crippen molar-refractivity contribution in [2.24, 2.45) is 0 Å². The first-order chi connectivity index (χ1) is 9.50. The van der Waals surface area contributed by atoms with Crippen molar-refractivity contribution in [1.82, 2.24) is 10.3 Å². The highest BCUT2D eigenvalue weighted by Crippen LogP contribution is 2.20. The molecule has 5 heteroatoms. The zero-order valence-electron chi connectivity index (χ0n) is 11.6. The van der Waals surface area contributed by atoms with Crippen LogP contribution in [0.15, 0.2) is 53.7 Å². The van der Waals surface area contributed by atoms with Crippen molar-refractivity contribution >= 4 is 9.84 Å². The van der Waals surface area contributed by atoms with Crippen LogP contribution in [0.5, 0.6) is 0 Å². The summed E-state index contributed by atoms with van der Waals surface area (Å²) in [4.78, 5) is 4.45. The lowest BCUT2D eigenvalue weighted by atomic mass is 10.0. The van der Waals surface area contributed by atoms with Gasteiger partial charge in [-0.1, -0.05) is 18.2 Å². The number of benzene rings is 1. The molecular formula is C15H18N2O2S. The fraction of sp³-hybridized carbons (Fsp3) is 0.267. The van der Waals surface area contributed by atoms with E-state index in [1.165, 1.54) is 6.26 Å². The van der Waals surface area contributed by atoms with Crippen molar-refractivity contribution in [3.05, 3.63) is 59.9 Å². The number of nitrogens with one attached hydrogen (secondary N) is 1. The van der Waals surface area contributed by atoms with Gasteiger partial charge in [0.15, 0.2) is 9.84 Å². The van der Waals surface area contributed by atoms with Crippen molar-refractivity contribution in [1.29, 1.82) is 0 Å². The van der Waals surface area contributed by atoms with Gasteiger partial charge in [0.05, 0.1) is 4.90 Å². The predicted octanol–water partition coefficient (Wildman–Crippen LogP) is 1.99. The van der Waals surface area contributed by atoms with E-state index in [0.29, 0.717) is 4.90 Å². The van der Waals surface area contributed by atoms with Crippen LogP contribution in [-0.2, 0) is 16.3 Å². The van der Waals surface area contributed by atoms with Gasteiger partial charge in [-0.2, -0.15) is 0 Å². The van der Waals surface area contributed by atoms with E-state index in [1.807, 2.05) is 31.4 Å². The third kappa shape index (κ3) is 3.65. The monoisotopic (exact) mass is 290 g/mol. The molecule has 0 bridgehead atoms. The Balaban J connectivity index is 2.28. The first-order valence-electron chi connectivity index (χ1n) is 6.37. The molecule has 0 spiro atoms. The number of sulfone groups is 1. The molecule has 1 aromatic heterocycles. The highest BCUT2D eigenvalue weighted by molar-refractivity contribution is 7.90. The zero-order chi connectivity index (χ0) is 14.6. The zero-order valence-corrected chi connectivity index (χ0v) is 12.4. The average molecular weight is 290 g/mol. The Bertz CT molecular complexity index is 669. The van der Waals surface area contributed by atoms with Gasteiger partial charge in [0.1, 0.15) is 0 Å². The Morgan fingerprint density at radius 3 is 2.65 bits per heavy atom. The Kier molecular flexibility index (Phi) is 4.52. The van der Waals surface area contributed by atoms with Gasteiger partial charge in [0.2, 0.25) is 0 Å². The lowest BCUT2D eigenvalue weighted by Crippen LogP contribution is -2.19. The highest BCUT2D eigenvalue weighted by Gasteiger charge is 2.13. The third-order valence-electron chi connectivity index (χ3n) is 3.20. The lowest BCUT2D eigenvalue weighted by molar-refractivity contribution is 0.586. The first-order valence-corrected chi connectivity index (χ1v) is 8.26. The minimum atomic E-state index is -3.18. The maximum absolute atomic E-state index is 11.6. The van der Waals surface area contributed by atoms with Crippen molar-refractivity contribution < 1.29 is 8.42 Å². The normalized spacial score (nSPS) is 13.1. The Morgan fingerprint density at radius 1 is 1.25 bits per heavy atom. The number of nitrogens with zero attached hydrogens (tertiary/aromatic N) is 1. The number of pyridine rings is 1. The lowest BCUT2D eigenvalue weighted by Gasteiger charge is -2.17. The van der Waals surface area contributed by atoms with E-state index in [4.69, 9.17) is 0 Å². The van der Waals surface area contributed by atoms with Crippen LogP contribution < -0.4 is 5.32 Å². The van der Waals surface area contributed by atoms with Crippen LogP contribution in [-0.4, -0.2) is 26.7 Å². The molecule has 0 saturated heterocycles. The molecule has 0 radical (unpaired) electrons. The summed E-state index contributed by atoms with van der Waals surface area (Å²) in [5, 5.41) is 3.22. The molecule has 1 heterocycles. The Morgan fingerprint density at radius 2 is 2.05 bits per heavy atom. The summed E-state index contributed by atoms with van der Waals surface area (Å²) < 4.78 is 23.2. The topological polar surface area (TPSA) is 59.1 Å². The molecule has 1 unspecified atom stereocenters.